The van der Waals surface area contributed by atoms with E-state index in [-0.39, 0.29) is 13.0 Å². The van der Waals surface area contributed by atoms with Gasteiger partial charge in [0.2, 0.25) is 5.91 Å². The molecule has 35 heavy (non-hydrogen) atoms. The smallest absolute Gasteiger partial charge is 0.325 e. The van der Waals surface area contributed by atoms with E-state index in [9.17, 15) is 19.2 Å². The fourth-order valence-electron chi connectivity index (χ4n) is 3.84. The second-order valence-electron chi connectivity index (χ2n) is 8.08. The lowest BCUT2D eigenvalue weighted by Gasteiger charge is -2.23. The molecule has 0 aliphatic carbocycles. The average Bonchev–Trinajstić information content (AvgIpc) is 3.07. The van der Waals surface area contributed by atoms with Crippen molar-refractivity contribution < 1.29 is 33.4 Å². The summed E-state index contributed by atoms with van der Waals surface area (Å²) in [5, 5.41) is 5.40. The van der Waals surface area contributed by atoms with Gasteiger partial charge >= 0.3 is 12.0 Å². The van der Waals surface area contributed by atoms with Gasteiger partial charge < -0.3 is 24.8 Å². The topological polar surface area (TPSA) is 123 Å². The number of imide groups is 1. The number of rotatable bonds is 10. The van der Waals surface area contributed by atoms with Gasteiger partial charge in [0, 0.05) is 0 Å². The Bertz CT molecular complexity index is 1100. The number of ether oxygens (including phenoxy) is 3. The highest BCUT2D eigenvalue weighted by Gasteiger charge is 2.49. The number of amides is 4. The van der Waals surface area contributed by atoms with Crippen LogP contribution in [0.3, 0.4) is 0 Å². The van der Waals surface area contributed by atoms with Crippen LogP contribution in [0.2, 0.25) is 0 Å². The molecular formula is C25H29N3O7. The molecule has 10 nitrogen and oxygen atoms in total. The monoisotopic (exact) mass is 483 g/mol. The van der Waals surface area contributed by atoms with Crippen molar-refractivity contribution in [3.8, 4) is 11.5 Å². The molecule has 1 saturated heterocycles. The summed E-state index contributed by atoms with van der Waals surface area (Å²) in [6.07, 6.45) is -0.129. The number of urea groups is 1. The number of nitrogens with zero attached hydrogens (tertiary/aromatic N) is 1. The van der Waals surface area contributed by atoms with Gasteiger partial charge in [-0.2, -0.15) is 0 Å². The molecule has 1 aliphatic rings. The molecule has 2 aromatic rings. The number of nitrogens with one attached hydrogen (secondary N) is 2. The second-order valence-corrected chi connectivity index (χ2v) is 8.08. The van der Waals surface area contributed by atoms with Gasteiger partial charge in [0.25, 0.3) is 5.91 Å². The molecule has 0 spiro atoms. The third-order valence-electron chi connectivity index (χ3n) is 5.75. The summed E-state index contributed by atoms with van der Waals surface area (Å²) in [6.45, 7) is 2.95. The highest BCUT2D eigenvalue weighted by molar-refractivity contribution is 6.09. The fraction of sp³-hybridized carbons (Fsp3) is 0.360. The highest BCUT2D eigenvalue weighted by Crippen LogP contribution is 2.30. The largest absolute Gasteiger partial charge is 0.497 e. The normalized spacial score (nSPS) is 18.0. The summed E-state index contributed by atoms with van der Waals surface area (Å²) in [7, 11) is 3.04. The first kappa shape index (κ1) is 25.5. The third-order valence-corrected chi connectivity index (χ3v) is 5.75. The van der Waals surface area contributed by atoms with Crippen LogP contribution < -0.4 is 20.1 Å². The van der Waals surface area contributed by atoms with Crippen molar-refractivity contribution in [1.82, 2.24) is 15.5 Å². The van der Waals surface area contributed by atoms with Crippen LogP contribution in [-0.2, 0) is 24.7 Å². The Morgan fingerprint density at radius 3 is 2.37 bits per heavy atom. The van der Waals surface area contributed by atoms with Crippen LogP contribution in [0.4, 0.5) is 4.79 Å². The van der Waals surface area contributed by atoms with Crippen molar-refractivity contribution in [2.45, 2.75) is 31.8 Å². The number of carbonyl (C=O) groups is 4. The van der Waals surface area contributed by atoms with Crippen molar-refractivity contribution in [3.05, 3.63) is 59.7 Å². The molecule has 0 radical (unpaired) electrons. The third kappa shape index (κ3) is 5.71. The van der Waals surface area contributed by atoms with Crippen LogP contribution in [0.5, 0.6) is 11.5 Å². The molecule has 3 rings (SSSR count). The number of esters is 1. The molecule has 1 fully saturated rings. The molecule has 0 saturated carbocycles. The number of hydrogen-bond donors (Lipinski definition) is 2. The van der Waals surface area contributed by atoms with Gasteiger partial charge in [-0.05, 0) is 49.2 Å². The molecule has 4 amide bonds. The molecule has 1 heterocycles. The van der Waals surface area contributed by atoms with E-state index in [0.29, 0.717) is 22.6 Å². The van der Waals surface area contributed by atoms with Gasteiger partial charge in [-0.15, -0.1) is 0 Å². The first-order valence-electron chi connectivity index (χ1n) is 11.1. The lowest BCUT2D eigenvalue weighted by atomic mass is 9.92. The van der Waals surface area contributed by atoms with Gasteiger partial charge in [0.1, 0.15) is 23.6 Å². The van der Waals surface area contributed by atoms with E-state index in [2.05, 4.69) is 10.6 Å². The Labute approximate surface area is 203 Å². The number of methoxy groups -OCH3 is 2. The maximum Gasteiger partial charge on any atom is 0.325 e. The van der Waals surface area contributed by atoms with Crippen LogP contribution in [0.1, 0.15) is 37.4 Å². The van der Waals surface area contributed by atoms with E-state index in [0.717, 1.165) is 4.90 Å². The summed E-state index contributed by atoms with van der Waals surface area (Å²) in [5.41, 5.74) is -0.164. The second kappa shape index (κ2) is 10.9. The Balaban J connectivity index is 1.76. The maximum atomic E-state index is 13.2. The van der Waals surface area contributed by atoms with Gasteiger partial charge in [-0.3, -0.25) is 19.3 Å². The number of benzene rings is 2. The zero-order chi connectivity index (χ0) is 25.6. The van der Waals surface area contributed by atoms with Crippen LogP contribution in [0, 0.1) is 0 Å². The molecule has 10 heteroatoms. The summed E-state index contributed by atoms with van der Waals surface area (Å²) in [5.74, 6) is -0.510. The zero-order valence-electron chi connectivity index (χ0n) is 20.1. The summed E-state index contributed by atoms with van der Waals surface area (Å²) >= 11 is 0. The first-order chi connectivity index (χ1) is 16.7. The predicted octanol–water partition coefficient (Wildman–Crippen LogP) is 2.28. The molecule has 2 atom stereocenters. The van der Waals surface area contributed by atoms with Gasteiger partial charge in [0.15, 0.2) is 0 Å². The van der Waals surface area contributed by atoms with Crippen molar-refractivity contribution in [3.63, 3.8) is 0 Å². The minimum Gasteiger partial charge on any atom is -0.497 e. The first-order valence-corrected chi connectivity index (χ1v) is 11.1. The van der Waals surface area contributed by atoms with E-state index in [1.165, 1.54) is 14.2 Å². The van der Waals surface area contributed by atoms with Gasteiger partial charge in [0.05, 0.1) is 33.3 Å². The van der Waals surface area contributed by atoms with Crippen LogP contribution in [0.25, 0.3) is 0 Å². The van der Waals surface area contributed by atoms with Gasteiger partial charge in [-0.1, -0.05) is 24.3 Å². The average molecular weight is 484 g/mol. The Morgan fingerprint density at radius 2 is 1.74 bits per heavy atom. The molecule has 186 valence electrons. The Kier molecular flexibility index (Phi) is 7.95. The number of carbonyl (C=O) groups excluding carboxylic acids is 4. The van der Waals surface area contributed by atoms with Crippen molar-refractivity contribution in [2.24, 2.45) is 0 Å². The highest BCUT2D eigenvalue weighted by atomic mass is 16.5. The van der Waals surface area contributed by atoms with E-state index in [1.807, 2.05) is 0 Å². The summed E-state index contributed by atoms with van der Waals surface area (Å²) in [4.78, 5) is 51.7. The minimum atomic E-state index is -1.33. The van der Waals surface area contributed by atoms with Crippen LogP contribution >= 0.6 is 0 Å². The summed E-state index contributed by atoms with van der Waals surface area (Å²) < 4.78 is 15.4. The zero-order valence-corrected chi connectivity index (χ0v) is 20.1. The lowest BCUT2D eigenvalue weighted by molar-refractivity contribution is -0.144. The molecular weight excluding hydrogens is 454 g/mol. The standard InChI is InChI=1S/C25H29N3O7/c1-5-35-22(30)14-20(16-7-6-8-19(13-16)34-4)26-21(29)15-28-23(31)25(2,27-24(28)32)17-9-11-18(33-3)12-10-17/h6-13,20H,5,14-15H2,1-4H3,(H,26,29)(H,27,32). The number of hydrogen-bond acceptors (Lipinski definition) is 7. The molecule has 2 unspecified atom stereocenters. The van der Waals surface area contributed by atoms with Gasteiger partial charge in [-0.25, -0.2) is 4.79 Å². The fourth-order valence-corrected chi connectivity index (χ4v) is 3.84. The molecule has 0 bridgehead atoms. The van der Waals surface area contributed by atoms with Crippen molar-refractivity contribution in [1.29, 1.82) is 0 Å². The van der Waals surface area contributed by atoms with E-state index >= 15 is 0 Å². The van der Waals surface area contributed by atoms with Crippen LogP contribution in [0.15, 0.2) is 48.5 Å². The maximum absolute atomic E-state index is 13.2. The Morgan fingerprint density at radius 1 is 1.06 bits per heavy atom. The van der Waals surface area contributed by atoms with Crippen molar-refractivity contribution >= 4 is 23.8 Å². The molecule has 2 aromatic carbocycles. The van der Waals surface area contributed by atoms with Crippen LogP contribution in [-0.4, -0.2) is 56.1 Å². The quantitative estimate of drug-likeness (QED) is 0.393. The van der Waals surface area contributed by atoms with E-state index in [1.54, 1.807) is 62.4 Å². The van der Waals surface area contributed by atoms with Crippen molar-refractivity contribution in [2.75, 3.05) is 27.4 Å². The molecule has 2 N–H and O–H groups in total. The molecule has 0 aromatic heterocycles. The Hall–Kier alpha value is -4.08. The van der Waals surface area contributed by atoms with E-state index < -0.39 is 41.9 Å². The predicted molar refractivity (Wildman–Crippen MR) is 126 cm³/mol. The molecule has 1 aliphatic heterocycles. The lowest BCUT2D eigenvalue weighted by Crippen LogP contribution is -2.44. The summed E-state index contributed by atoms with van der Waals surface area (Å²) in [6, 6.07) is 12.2. The minimum absolute atomic E-state index is 0.129. The van der Waals surface area contributed by atoms with E-state index in [4.69, 9.17) is 14.2 Å². The SMILES string of the molecule is CCOC(=O)CC(NC(=O)CN1C(=O)NC(C)(c2ccc(OC)cc2)C1=O)c1cccc(OC)c1.